The van der Waals surface area contributed by atoms with Gasteiger partial charge in [0.05, 0.1) is 10.6 Å². The summed E-state index contributed by atoms with van der Waals surface area (Å²) in [6.45, 7) is 0.624. The van der Waals surface area contributed by atoms with Crippen molar-refractivity contribution in [2.75, 3.05) is 6.54 Å². The smallest absolute Gasteiger partial charge is 0.253 e. The summed E-state index contributed by atoms with van der Waals surface area (Å²) in [6, 6.07) is 5.47. The minimum atomic E-state index is -0.108. The third-order valence-electron chi connectivity index (χ3n) is 3.70. The number of halogens is 3. The highest BCUT2D eigenvalue weighted by Crippen LogP contribution is 2.25. The number of carbonyl (C=O) groups excluding carboxylic acids is 1. The summed E-state index contributed by atoms with van der Waals surface area (Å²) in [5.74, 6) is 0.273. The van der Waals surface area contributed by atoms with Gasteiger partial charge in [-0.25, -0.2) is 0 Å². The van der Waals surface area contributed by atoms with Gasteiger partial charge in [0.2, 0.25) is 0 Å². The lowest BCUT2D eigenvalue weighted by molar-refractivity contribution is 0.0908. The maximum Gasteiger partial charge on any atom is 0.253 e. The van der Waals surface area contributed by atoms with E-state index >= 15 is 0 Å². The summed E-state index contributed by atoms with van der Waals surface area (Å²) in [7, 11) is 0. The number of nitrogens with two attached hydrogens (primary N) is 1. The molecular weight excluding hydrogens is 363 g/mol. The number of hydrogen-bond acceptors (Lipinski definition) is 2. The number of hydrogen-bond donors (Lipinski definition) is 2. The molecule has 0 saturated heterocycles. The Labute approximate surface area is 139 Å². The Morgan fingerprint density at radius 1 is 1.40 bits per heavy atom. The summed E-state index contributed by atoms with van der Waals surface area (Å²) in [5, 5.41) is 3.54. The monoisotopic (exact) mass is 380 g/mol. The maximum absolute atomic E-state index is 12.3. The van der Waals surface area contributed by atoms with Gasteiger partial charge in [-0.3, -0.25) is 4.79 Å². The van der Waals surface area contributed by atoms with Crippen molar-refractivity contribution in [3.8, 4) is 0 Å². The summed E-state index contributed by atoms with van der Waals surface area (Å²) >= 11 is 9.43. The first kappa shape index (κ1) is 17.8. The van der Waals surface area contributed by atoms with E-state index in [1.165, 1.54) is 6.42 Å². The summed E-state index contributed by atoms with van der Waals surface area (Å²) in [5.41, 5.74) is 6.29. The van der Waals surface area contributed by atoms with Crippen LogP contribution in [0.25, 0.3) is 0 Å². The van der Waals surface area contributed by atoms with Crippen LogP contribution in [0, 0.1) is 5.92 Å². The van der Waals surface area contributed by atoms with Crippen molar-refractivity contribution in [1.82, 2.24) is 5.32 Å². The van der Waals surface area contributed by atoms with Crippen molar-refractivity contribution < 1.29 is 4.79 Å². The van der Waals surface area contributed by atoms with Crippen molar-refractivity contribution in [1.29, 1.82) is 0 Å². The summed E-state index contributed by atoms with van der Waals surface area (Å²) in [4.78, 5) is 12.3. The minimum absolute atomic E-state index is 0. The second-order valence-electron chi connectivity index (χ2n) is 4.98. The van der Waals surface area contributed by atoms with Crippen LogP contribution in [-0.2, 0) is 0 Å². The van der Waals surface area contributed by atoms with E-state index in [1.807, 2.05) is 6.07 Å². The Morgan fingerprint density at radius 2 is 2.10 bits per heavy atom. The molecule has 1 aliphatic rings. The zero-order chi connectivity index (χ0) is 13.8. The molecule has 1 saturated carbocycles. The standard InChI is InChI=1S/C14H18BrClN2O.ClH/c15-10-5-6-11(12(16)7-10)14(19)18-13-4-2-1-3-9(13)8-17;/h5-7,9,13H,1-4,8,17H2,(H,18,19);1H. The van der Waals surface area contributed by atoms with Crippen LogP contribution in [0.1, 0.15) is 36.0 Å². The molecule has 0 radical (unpaired) electrons. The quantitative estimate of drug-likeness (QED) is 0.837. The zero-order valence-electron chi connectivity index (χ0n) is 11.1. The highest BCUT2D eigenvalue weighted by atomic mass is 79.9. The highest BCUT2D eigenvalue weighted by Gasteiger charge is 2.26. The first-order valence-electron chi connectivity index (χ1n) is 6.58. The van der Waals surface area contributed by atoms with Crippen LogP contribution in [0.5, 0.6) is 0 Å². The molecule has 20 heavy (non-hydrogen) atoms. The number of amides is 1. The Morgan fingerprint density at radius 3 is 2.75 bits per heavy atom. The Hall–Kier alpha value is -0.290. The summed E-state index contributed by atoms with van der Waals surface area (Å²) < 4.78 is 0.867. The lowest BCUT2D eigenvalue weighted by Crippen LogP contribution is -2.44. The molecule has 0 aromatic heterocycles. The molecule has 2 atom stereocenters. The minimum Gasteiger partial charge on any atom is -0.349 e. The number of carbonyl (C=O) groups is 1. The molecule has 2 unspecified atom stereocenters. The van der Waals surface area contributed by atoms with E-state index in [4.69, 9.17) is 17.3 Å². The average Bonchev–Trinajstić information content (AvgIpc) is 2.39. The molecule has 0 spiro atoms. The van der Waals surface area contributed by atoms with E-state index in [-0.39, 0.29) is 24.4 Å². The zero-order valence-corrected chi connectivity index (χ0v) is 14.2. The number of nitrogens with one attached hydrogen (secondary N) is 1. The van der Waals surface area contributed by atoms with Crippen molar-refractivity contribution >= 4 is 45.8 Å². The molecule has 2 rings (SSSR count). The SMILES string of the molecule is Cl.NCC1CCCCC1NC(=O)c1ccc(Br)cc1Cl. The van der Waals surface area contributed by atoms with Gasteiger partial charge in [0.25, 0.3) is 5.91 Å². The lowest BCUT2D eigenvalue weighted by atomic mass is 9.84. The molecule has 1 aliphatic carbocycles. The third-order valence-corrected chi connectivity index (χ3v) is 4.51. The normalized spacial score (nSPS) is 21.9. The fourth-order valence-corrected chi connectivity index (χ4v) is 3.36. The third kappa shape index (κ3) is 4.35. The average molecular weight is 382 g/mol. The molecule has 1 fully saturated rings. The van der Waals surface area contributed by atoms with Gasteiger partial charge in [-0.15, -0.1) is 12.4 Å². The predicted molar refractivity (Wildman–Crippen MR) is 88.7 cm³/mol. The van der Waals surface area contributed by atoms with Crippen LogP contribution >= 0.6 is 39.9 Å². The van der Waals surface area contributed by atoms with E-state index in [0.29, 0.717) is 23.0 Å². The second-order valence-corrected chi connectivity index (χ2v) is 6.31. The van der Waals surface area contributed by atoms with Gasteiger partial charge in [-0.05, 0) is 43.5 Å². The second kappa shape index (κ2) is 8.23. The Kier molecular flexibility index (Phi) is 7.30. The van der Waals surface area contributed by atoms with E-state index in [9.17, 15) is 4.79 Å². The highest BCUT2D eigenvalue weighted by molar-refractivity contribution is 9.10. The van der Waals surface area contributed by atoms with Crippen LogP contribution in [-0.4, -0.2) is 18.5 Å². The maximum atomic E-state index is 12.3. The first-order valence-corrected chi connectivity index (χ1v) is 7.75. The molecular formula is C14H19BrCl2N2O. The van der Waals surface area contributed by atoms with Gasteiger partial charge in [-0.1, -0.05) is 40.4 Å². The van der Waals surface area contributed by atoms with Crippen molar-refractivity contribution in [2.45, 2.75) is 31.7 Å². The van der Waals surface area contributed by atoms with Crippen LogP contribution in [0.2, 0.25) is 5.02 Å². The summed E-state index contributed by atoms with van der Waals surface area (Å²) in [6.07, 6.45) is 4.44. The predicted octanol–water partition coefficient (Wildman–Crippen LogP) is 3.77. The van der Waals surface area contributed by atoms with Crippen molar-refractivity contribution in [3.05, 3.63) is 33.3 Å². The largest absolute Gasteiger partial charge is 0.349 e. The number of benzene rings is 1. The fourth-order valence-electron chi connectivity index (χ4n) is 2.60. The van der Waals surface area contributed by atoms with Crippen molar-refractivity contribution in [3.63, 3.8) is 0 Å². The van der Waals surface area contributed by atoms with Crippen LogP contribution < -0.4 is 11.1 Å². The van der Waals surface area contributed by atoms with Gasteiger partial charge < -0.3 is 11.1 Å². The molecule has 112 valence electrons. The van der Waals surface area contributed by atoms with Crippen LogP contribution in [0.4, 0.5) is 0 Å². The molecule has 0 aliphatic heterocycles. The van der Waals surface area contributed by atoms with Gasteiger partial charge in [0.15, 0.2) is 0 Å². The van der Waals surface area contributed by atoms with Gasteiger partial charge >= 0.3 is 0 Å². The van der Waals surface area contributed by atoms with E-state index in [1.54, 1.807) is 12.1 Å². The molecule has 3 N–H and O–H groups in total. The Balaban J connectivity index is 0.00000200. The molecule has 0 bridgehead atoms. The fraction of sp³-hybridized carbons (Fsp3) is 0.500. The molecule has 0 heterocycles. The lowest BCUT2D eigenvalue weighted by Gasteiger charge is -2.31. The topological polar surface area (TPSA) is 55.1 Å². The molecule has 1 aromatic rings. The first-order chi connectivity index (χ1) is 9.11. The van der Waals surface area contributed by atoms with E-state index < -0.39 is 0 Å². The Bertz CT molecular complexity index is 470. The molecule has 1 aromatic carbocycles. The van der Waals surface area contributed by atoms with E-state index in [0.717, 1.165) is 23.7 Å². The molecule has 3 nitrogen and oxygen atoms in total. The van der Waals surface area contributed by atoms with E-state index in [2.05, 4.69) is 21.2 Å². The van der Waals surface area contributed by atoms with Crippen molar-refractivity contribution in [2.24, 2.45) is 11.7 Å². The number of rotatable bonds is 3. The van der Waals surface area contributed by atoms with Crippen LogP contribution in [0.3, 0.4) is 0 Å². The van der Waals surface area contributed by atoms with Crippen LogP contribution in [0.15, 0.2) is 22.7 Å². The molecule has 1 amide bonds. The molecule has 6 heteroatoms. The van der Waals surface area contributed by atoms with Gasteiger partial charge in [0.1, 0.15) is 0 Å². The van der Waals surface area contributed by atoms with Gasteiger partial charge in [-0.2, -0.15) is 0 Å². The van der Waals surface area contributed by atoms with Gasteiger partial charge in [0, 0.05) is 10.5 Å².